The number of hydrogen-bond acceptors (Lipinski definition) is 3. The maximum atomic E-state index is 13.7. The van der Waals surface area contributed by atoms with Gasteiger partial charge in [0.25, 0.3) is 0 Å². The lowest BCUT2D eigenvalue weighted by molar-refractivity contribution is -0.113. The Hall–Kier alpha value is -1.01. The van der Waals surface area contributed by atoms with Gasteiger partial charge in [-0.25, -0.2) is 9.37 Å². The number of pyridine rings is 1. The van der Waals surface area contributed by atoms with Gasteiger partial charge >= 0.3 is 0 Å². The molecule has 0 spiro atoms. The molecule has 0 radical (unpaired) electrons. The quantitative estimate of drug-likeness (QED) is 0.714. The molecule has 0 amide bonds. The molecule has 1 aromatic rings. The maximum absolute atomic E-state index is 13.7. The highest BCUT2D eigenvalue weighted by Gasteiger charge is 2.22. The van der Waals surface area contributed by atoms with E-state index in [2.05, 4.69) is 36.8 Å². The number of ether oxygens (including phenoxy) is 1. The van der Waals surface area contributed by atoms with Gasteiger partial charge in [0.15, 0.2) is 5.78 Å². The first-order chi connectivity index (χ1) is 8.99. The minimum Gasteiger partial charge on any atom is -0.455 e. The number of Topliss-reactive ketones (excluding diaryl/α,β-unsaturated/α-hetero) is 1. The SMILES string of the molecule is CC(=O)C1=C(F)CCC=C1Oc1cnc(Br)c(Br)c1. The van der Waals surface area contributed by atoms with E-state index in [9.17, 15) is 9.18 Å². The summed E-state index contributed by atoms with van der Waals surface area (Å²) in [5, 5.41) is 0. The van der Waals surface area contributed by atoms with E-state index in [-0.39, 0.29) is 23.5 Å². The van der Waals surface area contributed by atoms with Gasteiger partial charge in [-0.2, -0.15) is 0 Å². The Labute approximate surface area is 126 Å². The van der Waals surface area contributed by atoms with Gasteiger partial charge in [-0.1, -0.05) is 0 Å². The van der Waals surface area contributed by atoms with E-state index in [1.807, 2.05) is 0 Å². The van der Waals surface area contributed by atoms with E-state index in [4.69, 9.17) is 4.74 Å². The molecule has 1 aliphatic carbocycles. The Morgan fingerprint density at radius 1 is 1.47 bits per heavy atom. The van der Waals surface area contributed by atoms with Gasteiger partial charge in [0.05, 0.1) is 16.2 Å². The van der Waals surface area contributed by atoms with Crippen molar-refractivity contribution in [2.24, 2.45) is 0 Å². The molecule has 0 bridgehead atoms. The van der Waals surface area contributed by atoms with Crippen LogP contribution >= 0.6 is 31.9 Å². The molecule has 100 valence electrons. The standard InChI is InChI=1S/C13H10Br2FNO2/c1-7(18)12-10(16)3-2-4-11(12)19-8-5-9(14)13(15)17-6-8/h4-6H,2-3H2,1H3. The number of nitrogens with zero attached hydrogens (tertiary/aromatic N) is 1. The van der Waals surface area contributed by atoms with Crippen LogP contribution in [0.5, 0.6) is 5.75 Å². The van der Waals surface area contributed by atoms with Gasteiger partial charge < -0.3 is 4.74 Å². The number of halogens is 3. The first-order valence-electron chi connectivity index (χ1n) is 5.58. The molecule has 2 rings (SSSR count). The van der Waals surface area contributed by atoms with Crippen molar-refractivity contribution in [3.63, 3.8) is 0 Å². The van der Waals surface area contributed by atoms with Gasteiger partial charge in [0.2, 0.25) is 0 Å². The van der Waals surface area contributed by atoms with E-state index in [1.54, 1.807) is 12.1 Å². The summed E-state index contributed by atoms with van der Waals surface area (Å²) in [7, 11) is 0. The first kappa shape index (κ1) is 14.4. The number of rotatable bonds is 3. The van der Waals surface area contributed by atoms with Gasteiger partial charge in [-0.3, -0.25) is 4.79 Å². The lowest BCUT2D eigenvalue weighted by Crippen LogP contribution is -2.11. The molecule has 19 heavy (non-hydrogen) atoms. The lowest BCUT2D eigenvalue weighted by Gasteiger charge is -2.16. The topological polar surface area (TPSA) is 39.2 Å². The second-order valence-electron chi connectivity index (χ2n) is 3.99. The van der Waals surface area contributed by atoms with Crippen LogP contribution < -0.4 is 4.74 Å². The fourth-order valence-electron chi connectivity index (χ4n) is 1.73. The summed E-state index contributed by atoms with van der Waals surface area (Å²) in [6, 6.07) is 1.70. The Balaban J connectivity index is 2.29. The molecule has 0 N–H and O–H groups in total. The van der Waals surface area contributed by atoms with Crippen molar-refractivity contribution in [1.29, 1.82) is 0 Å². The highest BCUT2D eigenvalue weighted by atomic mass is 79.9. The summed E-state index contributed by atoms with van der Waals surface area (Å²) < 4.78 is 20.6. The average molecular weight is 391 g/mol. The minimum atomic E-state index is -0.422. The molecule has 0 atom stereocenters. The fourth-order valence-corrected chi connectivity index (χ4v) is 2.28. The lowest BCUT2D eigenvalue weighted by atomic mass is 10.0. The number of carbonyl (C=O) groups is 1. The Morgan fingerprint density at radius 3 is 2.84 bits per heavy atom. The largest absolute Gasteiger partial charge is 0.455 e. The smallest absolute Gasteiger partial charge is 0.166 e. The third-order valence-electron chi connectivity index (χ3n) is 2.56. The molecule has 6 heteroatoms. The fraction of sp³-hybridized carbons (Fsp3) is 0.231. The van der Waals surface area contributed by atoms with E-state index in [0.717, 1.165) is 4.47 Å². The van der Waals surface area contributed by atoms with Gasteiger partial charge in [0, 0.05) is 6.42 Å². The molecule has 0 unspecified atom stereocenters. The van der Waals surface area contributed by atoms with Crippen molar-refractivity contribution < 1.29 is 13.9 Å². The molecule has 1 aromatic heterocycles. The van der Waals surface area contributed by atoms with Crippen LogP contribution in [0.2, 0.25) is 0 Å². The third-order valence-corrected chi connectivity index (χ3v) is 4.33. The molecule has 1 aliphatic rings. The summed E-state index contributed by atoms with van der Waals surface area (Å²) in [4.78, 5) is 15.5. The summed E-state index contributed by atoms with van der Waals surface area (Å²) >= 11 is 6.55. The van der Waals surface area contributed by atoms with Crippen LogP contribution in [0.4, 0.5) is 4.39 Å². The number of allylic oxidation sites excluding steroid dienone is 3. The van der Waals surface area contributed by atoms with Gasteiger partial charge in [-0.05, 0) is 57.3 Å². The predicted octanol–water partition coefficient (Wildman–Crippen LogP) is 4.48. The first-order valence-corrected chi connectivity index (χ1v) is 7.16. The number of carbonyl (C=O) groups excluding carboxylic acids is 1. The summed E-state index contributed by atoms with van der Waals surface area (Å²) in [6.07, 6.45) is 3.98. The van der Waals surface area contributed by atoms with Crippen LogP contribution in [-0.4, -0.2) is 10.8 Å². The third kappa shape index (κ3) is 3.30. The molecule has 0 saturated carbocycles. The Bertz CT molecular complexity index is 596. The average Bonchev–Trinajstić information content (AvgIpc) is 2.33. The van der Waals surface area contributed by atoms with Crippen LogP contribution in [-0.2, 0) is 4.79 Å². The highest BCUT2D eigenvalue weighted by molar-refractivity contribution is 9.13. The van der Waals surface area contributed by atoms with Crippen molar-refractivity contribution in [3.05, 3.63) is 44.6 Å². The van der Waals surface area contributed by atoms with Crippen LogP contribution in [0.25, 0.3) is 0 Å². The summed E-state index contributed by atoms with van der Waals surface area (Å²) in [6.45, 7) is 1.33. The van der Waals surface area contributed by atoms with Crippen molar-refractivity contribution in [2.75, 3.05) is 0 Å². The second kappa shape index (κ2) is 5.96. The molecule has 0 aromatic carbocycles. The second-order valence-corrected chi connectivity index (χ2v) is 5.59. The highest BCUT2D eigenvalue weighted by Crippen LogP contribution is 2.31. The molecular formula is C13H10Br2FNO2. The van der Waals surface area contributed by atoms with Crippen LogP contribution in [0, 0.1) is 0 Å². The number of aromatic nitrogens is 1. The van der Waals surface area contributed by atoms with Crippen LogP contribution in [0.15, 0.2) is 44.6 Å². The zero-order chi connectivity index (χ0) is 14.0. The molecule has 0 fully saturated rings. The van der Waals surface area contributed by atoms with E-state index in [1.165, 1.54) is 13.1 Å². The number of hydrogen-bond donors (Lipinski definition) is 0. The summed E-state index contributed by atoms with van der Waals surface area (Å²) in [5.74, 6) is -0.0660. The molecule has 1 heterocycles. The van der Waals surface area contributed by atoms with Gasteiger partial charge in [-0.15, -0.1) is 0 Å². The molecular weight excluding hydrogens is 381 g/mol. The Morgan fingerprint density at radius 2 is 2.21 bits per heavy atom. The maximum Gasteiger partial charge on any atom is 0.166 e. The van der Waals surface area contributed by atoms with E-state index in [0.29, 0.717) is 16.8 Å². The van der Waals surface area contributed by atoms with Gasteiger partial charge in [0.1, 0.15) is 21.9 Å². The summed E-state index contributed by atoms with van der Waals surface area (Å²) in [5.41, 5.74) is 0.0188. The van der Waals surface area contributed by atoms with E-state index < -0.39 is 5.83 Å². The monoisotopic (exact) mass is 389 g/mol. The van der Waals surface area contributed by atoms with E-state index >= 15 is 0 Å². The van der Waals surface area contributed by atoms with Crippen LogP contribution in [0.3, 0.4) is 0 Å². The zero-order valence-corrected chi connectivity index (χ0v) is 13.2. The molecule has 0 saturated heterocycles. The predicted molar refractivity (Wildman–Crippen MR) is 76.4 cm³/mol. The van der Waals surface area contributed by atoms with Crippen molar-refractivity contribution in [3.8, 4) is 5.75 Å². The van der Waals surface area contributed by atoms with Crippen molar-refractivity contribution >= 4 is 37.6 Å². The van der Waals surface area contributed by atoms with Crippen LogP contribution in [0.1, 0.15) is 19.8 Å². The normalized spacial score (nSPS) is 15.3. The zero-order valence-electron chi connectivity index (χ0n) is 10.0. The number of ketones is 1. The van der Waals surface area contributed by atoms with Crippen molar-refractivity contribution in [1.82, 2.24) is 4.98 Å². The minimum absolute atomic E-state index is 0.0188. The Kier molecular flexibility index (Phi) is 4.52. The molecule has 3 nitrogen and oxygen atoms in total. The molecule has 0 aliphatic heterocycles. The van der Waals surface area contributed by atoms with Crippen molar-refractivity contribution in [2.45, 2.75) is 19.8 Å².